The second-order valence-corrected chi connectivity index (χ2v) is 3.10. The lowest BCUT2D eigenvalue weighted by atomic mass is 10.2. The van der Waals surface area contributed by atoms with Crippen molar-refractivity contribution in [1.82, 2.24) is 10.6 Å². The van der Waals surface area contributed by atoms with E-state index in [-0.39, 0.29) is 31.1 Å². The topological polar surface area (TPSA) is 61.4 Å². The Balaban J connectivity index is 3.88. The smallest absolute Gasteiger partial charge is 0.237 e. The van der Waals surface area contributed by atoms with E-state index in [9.17, 15) is 4.79 Å². The van der Waals surface area contributed by atoms with Crippen molar-refractivity contribution in [3.63, 3.8) is 0 Å². The molecule has 4 nitrogen and oxygen atoms in total. The first-order valence-corrected chi connectivity index (χ1v) is 4.73. The molecule has 0 saturated heterocycles. The van der Waals surface area contributed by atoms with Crippen LogP contribution in [0.15, 0.2) is 0 Å². The van der Waals surface area contributed by atoms with Crippen LogP contribution in [0.3, 0.4) is 0 Å². The molecule has 14 heavy (non-hydrogen) atoms. The number of aliphatic hydroxyl groups excluding tert-OH is 1. The monoisotopic (exact) mass is 198 g/mol. The van der Waals surface area contributed by atoms with E-state index in [2.05, 4.69) is 16.6 Å². The predicted molar refractivity (Wildman–Crippen MR) is 55.6 cm³/mol. The van der Waals surface area contributed by atoms with Crippen molar-refractivity contribution in [2.75, 3.05) is 13.2 Å². The molecule has 2 unspecified atom stereocenters. The van der Waals surface area contributed by atoms with E-state index in [0.29, 0.717) is 0 Å². The zero-order valence-corrected chi connectivity index (χ0v) is 8.71. The van der Waals surface area contributed by atoms with Crippen LogP contribution in [0.4, 0.5) is 0 Å². The van der Waals surface area contributed by atoms with E-state index in [4.69, 9.17) is 11.5 Å². The maximum Gasteiger partial charge on any atom is 0.237 e. The van der Waals surface area contributed by atoms with Crippen LogP contribution >= 0.6 is 0 Å². The number of hydrogen-bond donors (Lipinski definition) is 3. The number of rotatable bonds is 6. The van der Waals surface area contributed by atoms with Crippen molar-refractivity contribution >= 4 is 5.91 Å². The van der Waals surface area contributed by atoms with Gasteiger partial charge >= 0.3 is 0 Å². The summed E-state index contributed by atoms with van der Waals surface area (Å²) in [5, 5.41) is 14.5. The van der Waals surface area contributed by atoms with Crippen molar-refractivity contribution in [3.05, 3.63) is 0 Å². The Bertz CT molecular complexity index is 207. The van der Waals surface area contributed by atoms with Gasteiger partial charge in [-0.2, -0.15) is 0 Å². The van der Waals surface area contributed by atoms with Crippen molar-refractivity contribution in [3.8, 4) is 12.3 Å². The largest absolute Gasteiger partial charge is 0.395 e. The van der Waals surface area contributed by atoms with Crippen LogP contribution in [0.25, 0.3) is 0 Å². The molecule has 0 aliphatic rings. The SMILES string of the molecule is C#CCNC(=O)C(C)NC(CC)CO. The Kier molecular flexibility index (Phi) is 6.81. The van der Waals surface area contributed by atoms with Crippen LogP contribution in [0.5, 0.6) is 0 Å². The quantitative estimate of drug-likeness (QED) is 0.503. The molecular formula is C10H18N2O2. The molecular weight excluding hydrogens is 180 g/mol. The predicted octanol–water partition coefficient (Wildman–Crippen LogP) is -0.515. The molecule has 0 bridgehead atoms. The van der Waals surface area contributed by atoms with Crippen LogP contribution in [0.1, 0.15) is 20.3 Å². The molecule has 0 rings (SSSR count). The summed E-state index contributed by atoms with van der Waals surface area (Å²) in [6.07, 6.45) is 5.79. The highest BCUT2D eigenvalue weighted by Crippen LogP contribution is 1.92. The molecule has 0 radical (unpaired) electrons. The summed E-state index contributed by atoms with van der Waals surface area (Å²) in [5.41, 5.74) is 0. The highest BCUT2D eigenvalue weighted by atomic mass is 16.3. The molecule has 0 aliphatic carbocycles. The Morgan fingerprint density at radius 3 is 2.71 bits per heavy atom. The van der Waals surface area contributed by atoms with Gasteiger partial charge in [0.25, 0.3) is 0 Å². The maximum absolute atomic E-state index is 11.3. The van der Waals surface area contributed by atoms with Crippen LogP contribution in [-0.2, 0) is 4.79 Å². The van der Waals surface area contributed by atoms with Gasteiger partial charge in [-0.3, -0.25) is 4.79 Å². The van der Waals surface area contributed by atoms with Gasteiger partial charge in [0.2, 0.25) is 5.91 Å². The lowest BCUT2D eigenvalue weighted by Gasteiger charge is -2.19. The zero-order chi connectivity index (χ0) is 11.0. The molecule has 80 valence electrons. The van der Waals surface area contributed by atoms with Crippen LogP contribution in [0.2, 0.25) is 0 Å². The Morgan fingerprint density at radius 1 is 1.64 bits per heavy atom. The van der Waals surface area contributed by atoms with E-state index in [1.807, 2.05) is 6.92 Å². The van der Waals surface area contributed by atoms with E-state index < -0.39 is 0 Å². The van der Waals surface area contributed by atoms with Crippen LogP contribution in [0, 0.1) is 12.3 Å². The van der Waals surface area contributed by atoms with Gasteiger partial charge in [0.15, 0.2) is 0 Å². The maximum atomic E-state index is 11.3. The number of carbonyl (C=O) groups excluding carboxylic acids is 1. The first-order chi connectivity index (χ1) is 6.65. The number of amides is 1. The normalized spacial score (nSPS) is 14.1. The second-order valence-electron chi connectivity index (χ2n) is 3.10. The van der Waals surface area contributed by atoms with Gasteiger partial charge in [0.1, 0.15) is 0 Å². The van der Waals surface area contributed by atoms with Gasteiger partial charge < -0.3 is 15.7 Å². The van der Waals surface area contributed by atoms with Crippen molar-refractivity contribution in [1.29, 1.82) is 0 Å². The minimum atomic E-state index is -0.333. The first kappa shape index (κ1) is 12.9. The van der Waals surface area contributed by atoms with Crippen molar-refractivity contribution < 1.29 is 9.90 Å². The van der Waals surface area contributed by atoms with E-state index in [0.717, 1.165) is 6.42 Å². The van der Waals surface area contributed by atoms with Gasteiger partial charge in [-0.1, -0.05) is 12.8 Å². The molecule has 0 aliphatic heterocycles. The summed E-state index contributed by atoms with van der Waals surface area (Å²) in [5.74, 6) is 2.18. The summed E-state index contributed by atoms with van der Waals surface area (Å²) < 4.78 is 0. The number of carbonyl (C=O) groups is 1. The summed E-state index contributed by atoms with van der Waals surface area (Å²) in [7, 11) is 0. The van der Waals surface area contributed by atoms with Gasteiger partial charge in [0.05, 0.1) is 19.2 Å². The average molecular weight is 198 g/mol. The molecule has 0 aromatic rings. The highest BCUT2D eigenvalue weighted by molar-refractivity contribution is 5.81. The van der Waals surface area contributed by atoms with Crippen LogP contribution in [-0.4, -0.2) is 36.2 Å². The summed E-state index contributed by atoms with van der Waals surface area (Å²) in [4.78, 5) is 11.3. The van der Waals surface area contributed by atoms with Crippen molar-refractivity contribution in [2.45, 2.75) is 32.4 Å². The van der Waals surface area contributed by atoms with E-state index in [1.165, 1.54) is 0 Å². The summed E-state index contributed by atoms with van der Waals surface area (Å²) in [6, 6.07) is -0.373. The van der Waals surface area contributed by atoms with Crippen molar-refractivity contribution in [2.24, 2.45) is 0 Å². The zero-order valence-electron chi connectivity index (χ0n) is 8.71. The fourth-order valence-electron chi connectivity index (χ4n) is 1.02. The second kappa shape index (κ2) is 7.36. The minimum Gasteiger partial charge on any atom is -0.395 e. The molecule has 1 amide bonds. The Morgan fingerprint density at radius 2 is 2.29 bits per heavy atom. The molecule has 0 spiro atoms. The molecule has 0 aromatic carbocycles. The fourth-order valence-corrected chi connectivity index (χ4v) is 1.02. The van der Waals surface area contributed by atoms with Gasteiger partial charge in [0, 0.05) is 6.04 Å². The molecule has 0 fully saturated rings. The van der Waals surface area contributed by atoms with E-state index in [1.54, 1.807) is 6.92 Å². The molecule has 0 heterocycles. The Labute approximate surface area is 85.1 Å². The number of terminal acetylenes is 1. The van der Waals surface area contributed by atoms with Crippen LogP contribution < -0.4 is 10.6 Å². The number of hydrogen-bond acceptors (Lipinski definition) is 3. The highest BCUT2D eigenvalue weighted by Gasteiger charge is 2.15. The Hall–Kier alpha value is -1.05. The third kappa shape index (κ3) is 4.85. The third-order valence-corrected chi connectivity index (χ3v) is 1.96. The molecule has 0 saturated carbocycles. The van der Waals surface area contributed by atoms with Gasteiger partial charge in [-0.25, -0.2) is 0 Å². The lowest BCUT2D eigenvalue weighted by molar-refractivity contribution is -0.122. The molecule has 4 heteroatoms. The number of nitrogens with one attached hydrogen (secondary N) is 2. The molecule has 0 aromatic heterocycles. The fraction of sp³-hybridized carbons (Fsp3) is 0.700. The van der Waals surface area contributed by atoms with E-state index >= 15 is 0 Å². The summed E-state index contributed by atoms with van der Waals surface area (Å²) in [6.45, 7) is 3.95. The van der Waals surface area contributed by atoms with Gasteiger partial charge in [-0.15, -0.1) is 6.42 Å². The minimum absolute atomic E-state index is 0.0310. The first-order valence-electron chi connectivity index (χ1n) is 4.73. The standard InChI is InChI=1S/C10H18N2O2/c1-4-6-11-10(14)8(3)12-9(5-2)7-13/h1,8-9,12-13H,5-7H2,2-3H3,(H,11,14). The average Bonchev–Trinajstić information content (AvgIpc) is 2.21. The molecule has 3 N–H and O–H groups in total. The number of aliphatic hydroxyl groups is 1. The molecule has 2 atom stereocenters. The third-order valence-electron chi connectivity index (χ3n) is 1.96. The van der Waals surface area contributed by atoms with Gasteiger partial charge in [-0.05, 0) is 13.3 Å². The summed E-state index contributed by atoms with van der Waals surface area (Å²) >= 11 is 0. The lowest BCUT2D eigenvalue weighted by Crippen LogP contribution is -2.47.